The third-order valence-corrected chi connectivity index (χ3v) is 4.05. The van der Waals surface area contributed by atoms with E-state index in [9.17, 15) is 14.7 Å². The number of carbonyl (C=O) groups excluding carboxylic acids is 2. The summed E-state index contributed by atoms with van der Waals surface area (Å²) in [6, 6.07) is 3.16. The summed E-state index contributed by atoms with van der Waals surface area (Å²) in [5.74, 6) is -0.199. The van der Waals surface area contributed by atoms with Crippen LogP contribution in [0.2, 0.25) is 0 Å². The molecule has 0 bridgehead atoms. The molecule has 1 aliphatic heterocycles. The molecule has 2 rings (SSSR count). The van der Waals surface area contributed by atoms with Gasteiger partial charge in [-0.2, -0.15) is 0 Å². The van der Waals surface area contributed by atoms with Gasteiger partial charge in [-0.25, -0.2) is 4.79 Å². The van der Waals surface area contributed by atoms with Gasteiger partial charge in [0.15, 0.2) is 5.78 Å². The van der Waals surface area contributed by atoms with E-state index in [1.807, 2.05) is 25.1 Å². The van der Waals surface area contributed by atoms with Crippen LogP contribution >= 0.6 is 0 Å². The number of hydrogen-bond acceptors (Lipinski definition) is 6. The molecule has 162 valence electrons. The normalized spacial score (nSPS) is 17.1. The second-order valence-electron chi connectivity index (χ2n) is 6.65. The Morgan fingerprint density at radius 3 is 2.55 bits per heavy atom. The molecular weight excluding hydrogens is 378 g/mol. The molecule has 8 heteroatoms. The fourth-order valence-corrected chi connectivity index (χ4v) is 2.60. The Labute approximate surface area is 171 Å². The third kappa shape index (κ3) is 8.91. The zero-order valence-electron chi connectivity index (χ0n) is 16.9. The van der Waals surface area contributed by atoms with Crippen LogP contribution in [-0.2, 0) is 9.53 Å². The molecule has 0 atom stereocenters. The number of fused-ring (bicyclic) bond motifs is 1. The van der Waals surface area contributed by atoms with Gasteiger partial charge in [0.05, 0.1) is 6.61 Å². The summed E-state index contributed by atoms with van der Waals surface area (Å²) < 4.78 is 10.9. The van der Waals surface area contributed by atoms with Gasteiger partial charge in [0.2, 0.25) is 0 Å². The summed E-state index contributed by atoms with van der Waals surface area (Å²) in [4.78, 5) is 26.1. The maximum Gasteiger partial charge on any atom is 0.342 e. The van der Waals surface area contributed by atoms with Crippen LogP contribution in [0.25, 0.3) is 6.08 Å². The van der Waals surface area contributed by atoms with Gasteiger partial charge in [-0.05, 0) is 51.1 Å². The predicted octanol–water partition coefficient (Wildman–Crippen LogP) is 1.55. The summed E-state index contributed by atoms with van der Waals surface area (Å²) in [6.07, 6.45) is 9.25. The van der Waals surface area contributed by atoms with Crippen molar-refractivity contribution in [2.75, 3.05) is 33.9 Å². The highest BCUT2D eigenvalue weighted by Crippen LogP contribution is 2.30. The summed E-state index contributed by atoms with van der Waals surface area (Å²) in [7, 11) is 3.89. The van der Waals surface area contributed by atoms with Crippen molar-refractivity contribution >= 4 is 17.8 Å². The minimum Gasteiger partial charge on any atom is -0.507 e. The number of phenolic OH excluding ortho intramolecular Hbond substituents is 1. The summed E-state index contributed by atoms with van der Waals surface area (Å²) in [5, 5.41) is 10.4. The fourth-order valence-electron chi connectivity index (χ4n) is 2.60. The van der Waals surface area contributed by atoms with Crippen LogP contribution in [0.1, 0.15) is 41.6 Å². The topological polar surface area (TPSA) is 139 Å². The molecule has 0 unspecified atom stereocenters. The lowest BCUT2D eigenvalue weighted by atomic mass is 10.0. The molecule has 0 saturated carbocycles. The molecular formula is C21H31NO7. The monoisotopic (exact) mass is 409 g/mol. The number of hydrogen-bond donors (Lipinski definition) is 1. The smallest absolute Gasteiger partial charge is 0.342 e. The number of nitrogens with zero attached hydrogens (tertiary/aromatic N) is 1. The van der Waals surface area contributed by atoms with Gasteiger partial charge in [0.25, 0.3) is 0 Å². The van der Waals surface area contributed by atoms with Crippen molar-refractivity contribution in [2.24, 2.45) is 0 Å². The third-order valence-electron chi connectivity index (χ3n) is 4.05. The van der Waals surface area contributed by atoms with Crippen molar-refractivity contribution in [2.45, 2.75) is 25.7 Å². The van der Waals surface area contributed by atoms with Crippen molar-refractivity contribution in [3.05, 3.63) is 41.5 Å². The van der Waals surface area contributed by atoms with Gasteiger partial charge in [0.1, 0.15) is 23.7 Å². The lowest BCUT2D eigenvalue weighted by Gasteiger charge is -2.14. The molecule has 1 heterocycles. The quantitative estimate of drug-likeness (QED) is 0.749. The minimum absolute atomic E-state index is 0. The van der Waals surface area contributed by atoms with Crippen molar-refractivity contribution in [1.82, 2.24) is 4.90 Å². The van der Waals surface area contributed by atoms with E-state index in [1.165, 1.54) is 12.1 Å². The lowest BCUT2D eigenvalue weighted by molar-refractivity contribution is -0.114. The lowest BCUT2D eigenvalue weighted by Crippen LogP contribution is -2.19. The molecule has 0 amide bonds. The first kappa shape index (κ1) is 26.3. The average molecular weight is 409 g/mol. The van der Waals surface area contributed by atoms with Crippen LogP contribution in [0.4, 0.5) is 0 Å². The van der Waals surface area contributed by atoms with Crippen molar-refractivity contribution in [3.63, 3.8) is 0 Å². The first-order valence-corrected chi connectivity index (χ1v) is 9.15. The van der Waals surface area contributed by atoms with E-state index in [-0.39, 0.29) is 34.7 Å². The molecule has 8 nitrogen and oxygen atoms in total. The number of ether oxygens (including phenoxy) is 2. The van der Waals surface area contributed by atoms with E-state index < -0.39 is 5.97 Å². The Hall–Kier alpha value is -2.68. The highest BCUT2D eigenvalue weighted by Gasteiger charge is 2.18. The predicted molar refractivity (Wildman–Crippen MR) is 111 cm³/mol. The molecule has 1 aromatic carbocycles. The number of carbonyl (C=O) groups is 2. The number of likely N-dealkylation sites (N-methyl/N-ethyl adjacent to an activating group) is 1. The van der Waals surface area contributed by atoms with Crippen LogP contribution < -0.4 is 4.74 Å². The molecule has 0 aliphatic carbocycles. The van der Waals surface area contributed by atoms with Crippen LogP contribution in [0.3, 0.4) is 0 Å². The number of phenols is 1. The number of benzene rings is 1. The van der Waals surface area contributed by atoms with Crippen LogP contribution in [0, 0.1) is 0 Å². The fraction of sp³-hybridized carbons (Fsp3) is 0.429. The van der Waals surface area contributed by atoms with E-state index in [0.717, 1.165) is 13.0 Å². The molecule has 1 aliphatic rings. The Morgan fingerprint density at radius 2 is 1.83 bits per heavy atom. The highest BCUT2D eigenvalue weighted by atomic mass is 16.5. The van der Waals surface area contributed by atoms with E-state index in [2.05, 4.69) is 0 Å². The van der Waals surface area contributed by atoms with Crippen molar-refractivity contribution in [1.29, 1.82) is 0 Å². The zero-order chi connectivity index (χ0) is 19.6. The first-order valence-electron chi connectivity index (χ1n) is 9.15. The zero-order valence-corrected chi connectivity index (χ0v) is 16.9. The number of rotatable bonds is 4. The maximum atomic E-state index is 12.4. The van der Waals surface area contributed by atoms with Crippen LogP contribution in [-0.4, -0.2) is 66.6 Å². The van der Waals surface area contributed by atoms with Gasteiger partial charge in [-0.15, -0.1) is 0 Å². The number of aromatic hydroxyl groups is 1. The average Bonchev–Trinajstić information content (AvgIpc) is 2.59. The largest absolute Gasteiger partial charge is 0.507 e. The van der Waals surface area contributed by atoms with Gasteiger partial charge < -0.3 is 30.4 Å². The van der Waals surface area contributed by atoms with Gasteiger partial charge >= 0.3 is 5.97 Å². The summed E-state index contributed by atoms with van der Waals surface area (Å²) in [5.41, 5.74) is 0.669. The first-order chi connectivity index (χ1) is 13.0. The number of allylic oxidation sites excluding steroid dienone is 2. The molecule has 29 heavy (non-hydrogen) atoms. The second-order valence-corrected chi connectivity index (χ2v) is 6.65. The number of cyclic esters (lactones) is 1. The SMILES string of the molecule is CN(C)CCOc1cc(O)c2c(c1)/C=C/CCCC(=O)/C=C\CCOC2=O.O.O. The summed E-state index contributed by atoms with van der Waals surface area (Å²) in [6.45, 7) is 1.34. The summed E-state index contributed by atoms with van der Waals surface area (Å²) >= 11 is 0. The highest BCUT2D eigenvalue weighted by molar-refractivity contribution is 5.97. The Kier molecular flexibility index (Phi) is 12.2. The Balaban J connectivity index is 0.00000392. The molecule has 5 N–H and O–H groups in total. The molecule has 0 saturated heterocycles. The number of ketones is 1. The van der Waals surface area contributed by atoms with Crippen LogP contribution in [0.15, 0.2) is 30.4 Å². The molecule has 0 spiro atoms. The van der Waals surface area contributed by atoms with E-state index >= 15 is 0 Å². The standard InChI is InChI=1S/C21H27NO5.2H2O/c1-22(2)11-13-26-18-14-16-8-4-3-5-9-17(23)10-6-7-12-27-21(25)20(16)19(24)15-18;;/h4,6,8,10,14-15,24H,3,5,7,9,11-13H2,1-2H3;2*1H2/b8-4+,10-6-;;. The van der Waals surface area contributed by atoms with Gasteiger partial charge in [0, 0.05) is 19.0 Å². The Morgan fingerprint density at radius 1 is 1.10 bits per heavy atom. The van der Waals surface area contributed by atoms with E-state index in [1.54, 1.807) is 18.2 Å². The number of esters is 1. The minimum atomic E-state index is -0.594. The van der Waals surface area contributed by atoms with E-state index in [4.69, 9.17) is 9.47 Å². The van der Waals surface area contributed by atoms with Crippen molar-refractivity contribution in [3.8, 4) is 11.5 Å². The molecule has 0 aromatic heterocycles. The van der Waals surface area contributed by atoms with E-state index in [0.29, 0.717) is 37.2 Å². The molecule has 0 fully saturated rings. The second kappa shape index (κ2) is 13.5. The van der Waals surface area contributed by atoms with Gasteiger partial charge in [-0.1, -0.05) is 18.2 Å². The molecule has 1 aromatic rings. The molecule has 0 radical (unpaired) electrons. The van der Waals surface area contributed by atoms with Crippen LogP contribution in [0.5, 0.6) is 11.5 Å². The Bertz CT molecular complexity index is 726. The maximum absolute atomic E-state index is 12.4. The van der Waals surface area contributed by atoms with Gasteiger partial charge in [-0.3, -0.25) is 4.79 Å². The van der Waals surface area contributed by atoms with Crippen molar-refractivity contribution < 1.29 is 35.1 Å².